The number of alkyl carbamates (subject to hydrolysis) is 1. The van der Waals surface area contributed by atoms with Crippen molar-refractivity contribution in [1.82, 2.24) is 30.4 Å². The molecule has 4 rings (SSSR count). The molecule has 0 aliphatic heterocycles. The van der Waals surface area contributed by atoms with Crippen LogP contribution in [-0.4, -0.2) is 31.2 Å². The molecule has 0 bridgehead atoms. The Bertz CT molecular complexity index is 1170. The smallest absolute Gasteiger partial charge is 0.464 e. The number of hydrogen-bond donors (Lipinski definition) is 1. The van der Waals surface area contributed by atoms with Crippen molar-refractivity contribution in [3.8, 4) is 11.6 Å². The highest BCUT2D eigenvalue weighted by atomic mass is 19.4. The maximum absolute atomic E-state index is 12.5. The van der Waals surface area contributed by atoms with E-state index in [1.54, 1.807) is 12.3 Å². The van der Waals surface area contributed by atoms with Crippen LogP contribution in [0.1, 0.15) is 17.0 Å². The molecule has 1 amide bonds. The summed E-state index contributed by atoms with van der Waals surface area (Å²) in [6.45, 7) is -0.0130. The molecule has 0 aliphatic carbocycles. The second kappa shape index (κ2) is 7.77. The number of carbonyl (C=O) groups excluding carboxylic acids is 1. The number of alkyl halides is 3. The zero-order valence-electron chi connectivity index (χ0n) is 14.9. The van der Waals surface area contributed by atoms with Crippen LogP contribution in [0.25, 0.3) is 22.6 Å². The third-order valence-corrected chi connectivity index (χ3v) is 3.80. The highest BCUT2D eigenvalue weighted by Gasteiger charge is 2.38. The predicted molar refractivity (Wildman–Crippen MR) is 91.4 cm³/mol. The fraction of sp³-hybridized carbons (Fsp3) is 0.176. The second-order valence-corrected chi connectivity index (χ2v) is 5.90. The van der Waals surface area contributed by atoms with E-state index in [9.17, 15) is 18.0 Å². The number of rotatable bonds is 5. The summed E-state index contributed by atoms with van der Waals surface area (Å²) >= 11 is 0. The van der Waals surface area contributed by atoms with Gasteiger partial charge in [-0.05, 0) is 6.07 Å². The minimum atomic E-state index is -4.76. The van der Waals surface area contributed by atoms with Crippen molar-refractivity contribution >= 4 is 17.1 Å². The largest absolute Gasteiger partial charge is 0.471 e. The molecule has 0 unspecified atom stereocenters. The van der Waals surface area contributed by atoms with E-state index in [0.717, 1.165) is 5.39 Å². The van der Waals surface area contributed by atoms with Crippen molar-refractivity contribution in [2.45, 2.75) is 19.3 Å². The van der Waals surface area contributed by atoms with Crippen molar-refractivity contribution in [1.29, 1.82) is 0 Å². The summed E-state index contributed by atoms with van der Waals surface area (Å²) in [7, 11) is 0. The van der Waals surface area contributed by atoms with Crippen LogP contribution in [0.3, 0.4) is 0 Å². The van der Waals surface area contributed by atoms with E-state index in [2.05, 4.69) is 34.9 Å². The first-order valence-electron chi connectivity index (χ1n) is 8.33. The lowest BCUT2D eigenvalue weighted by Gasteiger charge is -2.07. The Labute approximate surface area is 165 Å². The van der Waals surface area contributed by atoms with E-state index >= 15 is 0 Å². The molecule has 10 nitrogen and oxygen atoms in total. The fourth-order valence-electron chi connectivity index (χ4n) is 2.41. The number of aromatic nitrogens is 5. The Morgan fingerprint density at radius 3 is 2.67 bits per heavy atom. The molecule has 0 spiro atoms. The summed E-state index contributed by atoms with van der Waals surface area (Å²) in [5.74, 6) is -2.04. The molecule has 0 aliphatic rings. The Morgan fingerprint density at radius 2 is 1.93 bits per heavy atom. The first kappa shape index (κ1) is 19.3. The van der Waals surface area contributed by atoms with Crippen LogP contribution in [0.15, 0.2) is 46.1 Å². The van der Waals surface area contributed by atoms with Gasteiger partial charge in [0.15, 0.2) is 0 Å². The van der Waals surface area contributed by atoms with E-state index in [1.807, 2.05) is 0 Å². The minimum Gasteiger partial charge on any atom is -0.464 e. The van der Waals surface area contributed by atoms with Gasteiger partial charge in [-0.15, -0.1) is 0 Å². The summed E-state index contributed by atoms with van der Waals surface area (Å²) in [6, 6.07) is 1.74. The Balaban J connectivity index is 1.31. The molecule has 0 saturated carbocycles. The SMILES string of the molecule is O=C(NCc1cnc(-c2noc(C(F)(F)F)n2)nc1)OCc1cncc2ccoc12. The van der Waals surface area contributed by atoms with E-state index < -0.39 is 24.0 Å². The molecule has 0 atom stereocenters. The monoisotopic (exact) mass is 420 g/mol. The third-order valence-electron chi connectivity index (χ3n) is 3.80. The van der Waals surface area contributed by atoms with Gasteiger partial charge in [0.25, 0.3) is 0 Å². The van der Waals surface area contributed by atoms with Gasteiger partial charge in [-0.2, -0.15) is 18.2 Å². The molecular formula is C17H11F3N6O4. The van der Waals surface area contributed by atoms with Crippen molar-refractivity contribution in [2.24, 2.45) is 0 Å². The molecule has 30 heavy (non-hydrogen) atoms. The van der Waals surface area contributed by atoms with Gasteiger partial charge in [0, 0.05) is 42.3 Å². The Kier molecular flexibility index (Phi) is 5.00. The lowest BCUT2D eigenvalue weighted by Crippen LogP contribution is -2.23. The van der Waals surface area contributed by atoms with Crippen LogP contribution in [0.5, 0.6) is 0 Å². The van der Waals surface area contributed by atoms with Gasteiger partial charge in [0.2, 0.25) is 11.6 Å². The number of pyridine rings is 1. The predicted octanol–water partition coefficient (Wildman–Crippen LogP) is 3.11. The molecule has 0 radical (unpaired) electrons. The van der Waals surface area contributed by atoms with E-state index in [0.29, 0.717) is 16.7 Å². The fourth-order valence-corrected chi connectivity index (χ4v) is 2.41. The van der Waals surface area contributed by atoms with E-state index in [4.69, 9.17) is 9.15 Å². The number of carbonyl (C=O) groups is 1. The first-order valence-corrected chi connectivity index (χ1v) is 8.33. The number of fused-ring (bicyclic) bond motifs is 1. The van der Waals surface area contributed by atoms with Gasteiger partial charge in [-0.1, -0.05) is 5.16 Å². The van der Waals surface area contributed by atoms with E-state index in [-0.39, 0.29) is 19.0 Å². The summed E-state index contributed by atoms with van der Waals surface area (Å²) < 4.78 is 52.1. The molecule has 0 aromatic carbocycles. The molecule has 4 aromatic rings. The average molecular weight is 420 g/mol. The molecular weight excluding hydrogens is 409 g/mol. The summed E-state index contributed by atoms with van der Waals surface area (Å²) in [4.78, 5) is 26.9. The van der Waals surface area contributed by atoms with Crippen LogP contribution >= 0.6 is 0 Å². The van der Waals surface area contributed by atoms with Crippen molar-refractivity contribution in [2.75, 3.05) is 0 Å². The Morgan fingerprint density at radius 1 is 1.13 bits per heavy atom. The third kappa shape index (κ3) is 4.19. The van der Waals surface area contributed by atoms with Gasteiger partial charge >= 0.3 is 18.2 Å². The first-order chi connectivity index (χ1) is 14.4. The zero-order chi connectivity index (χ0) is 21.1. The van der Waals surface area contributed by atoms with Crippen LogP contribution in [0.2, 0.25) is 0 Å². The van der Waals surface area contributed by atoms with Crippen molar-refractivity contribution in [3.63, 3.8) is 0 Å². The Hall–Kier alpha value is -4.03. The van der Waals surface area contributed by atoms with Gasteiger partial charge in [0.1, 0.15) is 12.2 Å². The number of furan rings is 1. The van der Waals surface area contributed by atoms with E-state index in [1.165, 1.54) is 24.9 Å². The number of halogens is 3. The molecule has 1 N–H and O–H groups in total. The van der Waals surface area contributed by atoms with Gasteiger partial charge in [-0.3, -0.25) is 4.98 Å². The van der Waals surface area contributed by atoms with Crippen molar-refractivity contribution < 1.29 is 31.6 Å². The maximum Gasteiger partial charge on any atom is 0.471 e. The summed E-state index contributed by atoms with van der Waals surface area (Å²) in [6.07, 6.45) is 1.83. The number of nitrogens with one attached hydrogen (secondary N) is 1. The van der Waals surface area contributed by atoms with Crippen LogP contribution in [0.4, 0.5) is 18.0 Å². The molecule has 0 saturated heterocycles. The summed E-state index contributed by atoms with van der Waals surface area (Å²) in [5.41, 5.74) is 1.67. The quantitative estimate of drug-likeness (QED) is 0.518. The van der Waals surface area contributed by atoms with Gasteiger partial charge in [-0.25, -0.2) is 14.8 Å². The lowest BCUT2D eigenvalue weighted by atomic mass is 10.2. The topological polar surface area (TPSA) is 129 Å². The normalized spacial score (nSPS) is 11.6. The molecule has 154 valence electrons. The number of amides is 1. The number of hydrogen-bond acceptors (Lipinski definition) is 9. The highest BCUT2D eigenvalue weighted by molar-refractivity contribution is 5.79. The molecule has 0 fully saturated rings. The second-order valence-electron chi connectivity index (χ2n) is 5.90. The lowest BCUT2D eigenvalue weighted by molar-refractivity contribution is -0.159. The van der Waals surface area contributed by atoms with Crippen LogP contribution in [0, 0.1) is 0 Å². The van der Waals surface area contributed by atoms with Crippen molar-refractivity contribution in [3.05, 3.63) is 54.1 Å². The number of nitrogens with zero attached hydrogens (tertiary/aromatic N) is 5. The molecule has 4 aromatic heterocycles. The molecule has 13 heteroatoms. The minimum absolute atomic E-state index is 0.0301. The highest BCUT2D eigenvalue weighted by Crippen LogP contribution is 2.28. The van der Waals surface area contributed by atoms with Gasteiger partial charge < -0.3 is 19.0 Å². The van der Waals surface area contributed by atoms with Crippen LogP contribution < -0.4 is 5.32 Å². The number of ether oxygens (including phenoxy) is 1. The summed E-state index contributed by atoms with van der Waals surface area (Å²) in [5, 5.41) is 6.49. The van der Waals surface area contributed by atoms with Gasteiger partial charge in [0.05, 0.1) is 11.8 Å². The maximum atomic E-state index is 12.5. The standard InChI is InChI=1S/C17H11F3N6O4/c18-17(19,20)15-25-14(26-30-15)13-22-3-9(4-23-13)5-24-16(27)29-8-11-7-21-6-10-1-2-28-12(10)11/h1-4,6-7H,5,8H2,(H,24,27). The molecule has 4 heterocycles. The van der Waals surface area contributed by atoms with Crippen LogP contribution in [-0.2, 0) is 24.1 Å². The average Bonchev–Trinajstić information content (AvgIpc) is 3.40. The zero-order valence-corrected chi connectivity index (χ0v) is 14.9.